The van der Waals surface area contributed by atoms with E-state index in [0.29, 0.717) is 11.3 Å². The quantitative estimate of drug-likeness (QED) is 0.829. The van der Waals surface area contributed by atoms with Gasteiger partial charge in [-0.3, -0.25) is 0 Å². The first-order valence-corrected chi connectivity index (χ1v) is 6.54. The van der Waals surface area contributed by atoms with Crippen molar-refractivity contribution in [3.05, 3.63) is 33.8 Å². The second kappa shape index (κ2) is 3.33. The molecule has 2 aliphatic rings. The van der Waals surface area contributed by atoms with E-state index >= 15 is 0 Å². The van der Waals surface area contributed by atoms with Crippen molar-refractivity contribution in [2.24, 2.45) is 5.73 Å². The monoisotopic (exact) mass is 265 g/mol. The molecule has 80 valence electrons. The molecule has 0 bridgehead atoms. The van der Waals surface area contributed by atoms with Crippen LogP contribution in [0, 0.1) is 0 Å². The van der Waals surface area contributed by atoms with E-state index in [1.165, 1.54) is 35.7 Å². The standard InChI is InChI=1S/C13H16BrN/c14-10-1-2-12-11(7-10)9(8-15)3-4-13(12)5-6-13/h1-2,7,9H,3-6,8,15H2. The van der Waals surface area contributed by atoms with E-state index in [0.717, 1.165) is 6.54 Å². The summed E-state index contributed by atoms with van der Waals surface area (Å²) in [7, 11) is 0. The highest BCUT2D eigenvalue weighted by atomic mass is 79.9. The summed E-state index contributed by atoms with van der Waals surface area (Å²) in [6.07, 6.45) is 5.40. The fourth-order valence-electron chi connectivity index (χ4n) is 3.01. The van der Waals surface area contributed by atoms with Crippen LogP contribution in [0.5, 0.6) is 0 Å². The van der Waals surface area contributed by atoms with E-state index in [-0.39, 0.29) is 0 Å². The van der Waals surface area contributed by atoms with E-state index in [9.17, 15) is 0 Å². The molecule has 1 nitrogen and oxygen atoms in total. The molecule has 0 aliphatic heterocycles. The molecule has 1 unspecified atom stereocenters. The van der Waals surface area contributed by atoms with Crippen LogP contribution in [0.1, 0.15) is 42.7 Å². The van der Waals surface area contributed by atoms with Crippen LogP contribution in [0.3, 0.4) is 0 Å². The van der Waals surface area contributed by atoms with Gasteiger partial charge in [0.2, 0.25) is 0 Å². The lowest BCUT2D eigenvalue weighted by atomic mass is 9.74. The first-order chi connectivity index (χ1) is 7.25. The zero-order valence-corrected chi connectivity index (χ0v) is 10.4. The lowest BCUT2D eigenvalue weighted by molar-refractivity contribution is 0.475. The maximum Gasteiger partial charge on any atom is 0.0178 e. The Morgan fingerprint density at radius 3 is 2.80 bits per heavy atom. The van der Waals surface area contributed by atoms with E-state index in [4.69, 9.17) is 5.73 Å². The number of fused-ring (bicyclic) bond motifs is 2. The molecule has 1 spiro atoms. The van der Waals surface area contributed by atoms with Gasteiger partial charge < -0.3 is 5.73 Å². The third kappa shape index (κ3) is 1.46. The maximum atomic E-state index is 5.86. The smallest absolute Gasteiger partial charge is 0.0178 e. The van der Waals surface area contributed by atoms with E-state index in [1.807, 2.05) is 0 Å². The number of nitrogens with two attached hydrogens (primary N) is 1. The molecule has 1 saturated carbocycles. The second-order valence-corrected chi connectivity index (χ2v) is 5.90. The molecule has 1 aromatic rings. The minimum Gasteiger partial charge on any atom is -0.330 e. The van der Waals surface area contributed by atoms with E-state index < -0.39 is 0 Å². The molecule has 0 aromatic heterocycles. The van der Waals surface area contributed by atoms with Gasteiger partial charge in [-0.25, -0.2) is 0 Å². The number of halogens is 1. The van der Waals surface area contributed by atoms with Gasteiger partial charge in [0.1, 0.15) is 0 Å². The van der Waals surface area contributed by atoms with Crippen LogP contribution in [-0.4, -0.2) is 6.54 Å². The Kier molecular flexibility index (Phi) is 2.18. The molecule has 1 aromatic carbocycles. The molecule has 0 amide bonds. The summed E-state index contributed by atoms with van der Waals surface area (Å²) in [5.74, 6) is 0.587. The second-order valence-electron chi connectivity index (χ2n) is 4.98. The summed E-state index contributed by atoms with van der Waals surface area (Å²) in [6, 6.07) is 6.78. The van der Waals surface area contributed by atoms with Crippen LogP contribution in [0.4, 0.5) is 0 Å². The van der Waals surface area contributed by atoms with Gasteiger partial charge in [-0.05, 0) is 66.8 Å². The van der Waals surface area contributed by atoms with Crippen molar-refractivity contribution in [2.45, 2.75) is 37.0 Å². The number of benzene rings is 1. The Hall–Kier alpha value is -0.340. The lowest BCUT2D eigenvalue weighted by Gasteiger charge is -2.31. The molecule has 2 N–H and O–H groups in total. The van der Waals surface area contributed by atoms with Crippen molar-refractivity contribution < 1.29 is 0 Å². The fourth-order valence-corrected chi connectivity index (χ4v) is 3.39. The largest absolute Gasteiger partial charge is 0.330 e. The molecule has 3 rings (SSSR count). The minimum atomic E-state index is 0.557. The lowest BCUT2D eigenvalue weighted by Crippen LogP contribution is -2.24. The van der Waals surface area contributed by atoms with Crippen molar-refractivity contribution in [2.75, 3.05) is 6.54 Å². The van der Waals surface area contributed by atoms with Crippen LogP contribution in [-0.2, 0) is 5.41 Å². The Bertz CT molecular complexity index is 396. The van der Waals surface area contributed by atoms with E-state index in [2.05, 4.69) is 34.1 Å². The molecule has 0 heterocycles. The normalized spacial score (nSPS) is 26.4. The van der Waals surface area contributed by atoms with Gasteiger partial charge in [0.15, 0.2) is 0 Å². The minimum absolute atomic E-state index is 0.557. The Morgan fingerprint density at radius 1 is 1.33 bits per heavy atom. The van der Waals surface area contributed by atoms with Crippen molar-refractivity contribution in [3.63, 3.8) is 0 Å². The predicted octanol–water partition coefficient (Wildman–Crippen LogP) is 3.32. The van der Waals surface area contributed by atoms with Crippen LogP contribution < -0.4 is 5.73 Å². The summed E-state index contributed by atoms with van der Waals surface area (Å²) in [4.78, 5) is 0. The topological polar surface area (TPSA) is 26.0 Å². The third-order valence-electron chi connectivity index (χ3n) is 4.13. The molecular formula is C13H16BrN. The zero-order chi connectivity index (χ0) is 10.5. The van der Waals surface area contributed by atoms with Crippen molar-refractivity contribution in [1.82, 2.24) is 0 Å². The van der Waals surface area contributed by atoms with Gasteiger partial charge in [0.05, 0.1) is 0 Å². The highest BCUT2D eigenvalue weighted by molar-refractivity contribution is 9.10. The molecule has 15 heavy (non-hydrogen) atoms. The van der Waals surface area contributed by atoms with Gasteiger partial charge in [0, 0.05) is 4.47 Å². The molecule has 1 fully saturated rings. The first-order valence-electron chi connectivity index (χ1n) is 5.75. The van der Waals surface area contributed by atoms with Crippen molar-refractivity contribution in [1.29, 1.82) is 0 Å². The van der Waals surface area contributed by atoms with E-state index in [1.54, 1.807) is 5.56 Å². The van der Waals surface area contributed by atoms with Gasteiger partial charge >= 0.3 is 0 Å². The molecule has 2 heteroatoms. The Morgan fingerprint density at radius 2 is 2.13 bits per heavy atom. The van der Waals surface area contributed by atoms with Gasteiger partial charge in [-0.2, -0.15) is 0 Å². The van der Waals surface area contributed by atoms with Crippen molar-refractivity contribution in [3.8, 4) is 0 Å². The first kappa shape index (κ1) is 9.86. The highest BCUT2D eigenvalue weighted by Crippen LogP contribution is 2.57. The average molecular weight is 266 g/mol. The molecule has 2 aliphatic carbocycles. The van der Waals surface area contributed by atoms with Crippen LogP contribution in [0.25, 0.3) is 0 Å². The average Bonchev–Trinajstić information content (AvgIpc) is 2.99. The number of hydrogen-bond acceptors (Lipinski definition) is 1. The molecule has 1 atom stereocenters. The van der Waals surface area contributed by atoms with Gasteiger partial charge in [-0.1, -0.05) is 22.0 Å². The SMILES string of the molecule is NCC1CCC2(CC2)c2ccc(Br)cc21. The van der Waals surface area contributed by atoms with Crippen LogP contribution >= 0.6 is 15.9 Å². The van der Waals surface area contributed by atoms with Gasteiger partial charge in [-0.15, -0.1) is 0 Å². The third-order valence-corrected chi connectivity index (χ3v) is 4.63. The zero-order valence-electron chi connectivity index (χ0n) is 8.80. The molecule has 0 saturated heterocycles. The number of rotatable bonds is 1. The molecule has 0 radical (unpaired) electrons. The summed E-state index contributed by atoms with van der Waals surface area (Å²) in [5, 5.41) is 0. The summed E-state index contributed by atoms with van der Waals surface area (Å²) < 4.78 is 1.19. The Balaban J connectivity index is 2.12. The number of hydrogen-bond donors (Lipinski definition) is 1. The van der Waals surface area contributed by atoms with Gasteiger partial charge in [0.25, 0.3) is 0 Å². The summed E-state index contributed by atoms with van der Waals surface area (Å²) in [6.45, 7) is 0.791. The van der Waals surface area contributed by atoms with Crippen molar-refractivity contribution >= 4 is 15.9 Å². The summed E-state index contributed by atoms with van der Waals surface area (Å²) >= 11 is 3.56. The predicted molar refractivity (Wildman–Crippen MR) is 66.1 cm³/mol. The molecular weight excluding hydrogens is 250 g/mol. The summed E-state index contributed by atoms with van der Waals surface area (Å²) in [5.41, 5.74) is 9.52. The Labute approximate surface area is 99.2 Å². The van der Waals surface area contributed by atoms with Crippen LogP contribution in [0.2, 0.25) is 0 Å². The fraction of sp³-hybridized carbons (Fsp3) is 0.538. The highest BCUT2D eigenvalue weighted by Gasteiger charge is 2.48. The van der Waals surface area contributed by atoms with Crippen LogP contribution in [0.15, 0.2) is 22.7 Å². The maximum absolute atomic E-state index is 5.86.